The maximum absolute atomic E-state index is 11.9. The molecule has 15 heavy (non-hydrogen) atoms. The van der Waals surface area contributed by atoms with Gasteiger partial charge in [-0.2, -0.15) is 0 Å². The molecule has 0 amide bonds. The molecule has 0 aliphatic carbocycles. The van der Waals surface area contributed by atoms with Gasteiger partial charge in [-0.05, 0) is 6.92 Å². The van der Waals surface area contributed by atoms with Crippen molar-refractivity contribution in [2.45, 2.75) is 6.92 Å². The average Bonchev–Trinajstić information content (AvgIpc) is 2.60. The van der Waals surface area contributed by atoms with Gasteiger partial charge in [0.05, 0.1) is 5.69 Å². The molecule has 0 bridgehead atoms. The van der Waals surface area contributed by atoms with Crippen molar-refractivity contribution in [3.05, 3.63) is 52.4 Å². The largest absolute Gasteiger partial charge is 0.351 e. The summed E-state index contributed by atoms with van der Waals surface area (Å²) < 4.78 is 4.88. The molecular weight excluding hydrogens is 214 g/mol. The number of rotatable bonds is 2. The predicted octanol–water partition coefficient (Wildman–Crippen LogP) is 2.87. The third-order valence-corrected chi connectivity index (χ3v) is 2.48. The number of hydrogen-bond donors (Lipinski definition) is 0. The van der Waals surface area contributed by atoms with E-state index in [9.17, 15) is 4.79 Å². The molecule has 1 heterocycles. The Labute approximate surface area is 91.6 Å². The van der Waals surface area contributed by atoms with Gasteiger partial charge in [0.2, 0.25) is 11.5 Å². The number of aromatic nitrogens is 1. The average molecular weight is 222 g/mol. The SMILES string of the molecule is Cc1noc(C(=O)c2ccccc2)c1Cl. The van der Waals surface area contributed by atoms with Gasteiger partial charge in [-0.25, -0.2) is 0 Å². The van der Waals surface area contributed by atoms with Crippen molar-refractivity contribution >= 4 is 17.4 Å². The number of ketones is 1. The monoisotopic (exact) mass is 221 g/mol. The van der Waals surface area contributed by atoms with Crippen LogP contribution in [0.15, 0.2) is 34.9 Å². The lowest BCUT2D eigenvalue weighted by atomic mass is 10.1. The zero-order valence-electron chi connectivity index (χ0n) is 8.03. The highest BCUT2D eigenvalue weighted by Crippen LogP contribution is 2.22. The van der Waals surface area contributed by atoms with Crippen LogP contribution in [-0.2, 0) is 0 Å². The second-order valence-electron chi connectivity index (χ2n) is 3.11. The fourth-order valence-corrected chi connectivity index (χ4v) is 1.38. The lowest BCUT2D eigenvalue weighted by Crippen LogP contribution is -1.99. The molecule has 2 rings (SSSR count). The lowest BCUT2D eigenvalue weighted by molar-refractivity contribution is 0.100. The summed E-state index contributed by atoms with van der Waals surface area (Å²) in [7, 11) is 0. The molecule has 0 saturated carbocycles. The summed E-state index contributed by atoms with van der Waals surface area (Å²) in [6, 6.07) is 8.81. The minimum absolute atomic E-state index is 0.0976. The highest BCUT2D eigenvalue weighted by molar-refractivity contribution is 6.34. The zero-order valence-corrected chi connectivity index (χ0v) is 8.78. The van der Waals surface area contributed by atoms with Gasteiger partial charge in [0.15, 0.2) is 0 Å². The van der Waals surface area contributed by atoms with Crippen molar-refractivity contribution in [1.82, 2.24) is 5.16 Å². The molecule has 1 aromatic heterocycles. The first kappa shape index (κ1) is 9.93. The van der Waals surface area contributed by atoms with Crippen molar-refractivity contribution in [2.24, 2.45) is 0 Å². The third kappa shape index (κ3) is 1.78. The Balaban J connectivity index is 2.42. The molecule has 0 unspecified atom stereocenters. The predicted molar refractivity (Wildman–Crippen MR) is 56.1 cm³/mol. The molecule has 0 saturated heterocycles. The second-order valence-corrected chi connectivity index (χ2v) is 3.48. The molecule has 0 atom stereocenters. The van der Waals surface area contributed by atoms with E-state index in [-0.39, 0.29) is 16.6 Å². The molecule has 3 nitrogen and oxygen atoms in total. The minimum Gasteiger partial charge on any atom is -0.351 e. The van der Waals surface area contributed by atoms with E-state index < -0.39 is 0 Å². The Kier molecular flexibility index (Phi) is 2.56. The molecule has 1 aromatic carbocycles. The smallest absolute Gasteiger partial charge is 0.232 e. The Morgan fingerprint density at radius 2 is 2.00 bits per heavy atom. The lowest BCUT2D eigenvalue weighted by Gasteiger charge is -1.95. The van der Waals surface area contributed by atoms with E-state index in [1.54, 1.807) is 31.2 Å². The fraction of sp³-hybridized carbons (Fsp3) is 0.0909. The maximum Gasteiger partial charge on any atom is 0.232 e. The second kappa shape index (κ2) is 3.87. The summed E-state index contributed by atoms with van der Waals surface area (Å²) in [5.41, 5.74) is 1.06. The van der Waals surface area contributed by atoms with Crippen LogP contribution in [0, 0.1) is 6.92 Å². The molecular formula is C11H8ClNO2. The number of aryl methyl sites for hydroxylation is 1. The summed E-state index contributed by atoms with van der Waals surface area (Å²) >= 11 is 5.88. The van der Waals surface area contributed by atoms with E-state index >= 15 is 0 Å². The van der Waals surface area contributed by atoms with Crippen molar-refractivity contribution < 1.29 is 9.32 Å². The van der Waals surface area contributed by atoms with Crippen molar-refractivity contribution in [2.75, 3.05) is 0 Å². The van der Waals surface area contributed by atoms with E-state index in [1.165, 1.54) is 0 Å². The van der Waals surface area contributed by atoms with Crippen LogP contribution in [0.2, 0.25) is 5.02 Å². The Morgan fingerprint density at radius 1 is 1.33 bits per heavy atom. The van der Waals surface area contributed by atoms with Gasteiger partial charge in [0, 0.05) is 5.56 Å². The van der Waals surface area contributed by atoms with Gasteiger partial charge in [-0.15, -0.1) is 0 Å². The first-order valence-corrected chi connectivity index (χ1v) is 4.79. The maximum atomic E-state index is 11.9. The molecule has 0 radical (unpaired) electrons. The summed E-state index contributed by atoms with van der Waals surface area (Å²) in [6.45, 7) is 1.69. The zero-order chi connectivity index (χ0) is 10.8. The first-order chi connectivity index (χ1) is 7.20. The van der Waals surface area contributed by atoms with Crippen LogP contribution in [0.1, 0.15) is 21.8 Å². The van der Waals surface area contributed by atoms with Crippen LogP contribution in [0.3, 0.4) is 0 Å². The normalized spacial score (nSPS) is 10.3. The Hall–Kier alpha value is -1.61. The van der Waals surface area contributed by atoms with Crippen LogP contribution < -0.4 is 0 Å². The summed E-state index contributed by atoms with van der Waals surface area (Å²) in [6.07, 6.45) is 0. The molecule has 0 aliphatic rings. The van der Waals surface area contributed by atoms with E-state index in [0.717, 1.165) is 0 Å². The Morgan fingerprint density at radius 3 is 2.53 bits per heavy atom. The molecule has 0 spiro atoms. The van der Waals surface area contributed by atoms with Crippen molar-refractivity contribution in [3.8, 4) is 0 Å². The Bertz CT molecular complexity index is 491. The van der Waals surface area contributed by atoms with Crippen LogP contribution in [0.5, 0.6) is 0 Å². The van der Waals surface area contributed by atoms with Crippen LogP contribution in [-0.4, -0.2) is 10.9 Å². The van der Waals surface area contributed by atoms with E-state index in [4.69, 9.17) is 16.1 Å². The topological polar surface area (TPSA) is 43.1 Å². The van der Waals surface area contributed by atoms with E-state index in [0.29, 0.717) is 11.3 Å². The fourth-order valence-electron chi connectivity index (χ4n) is 1.22. The summed E-state index contributed by atoms with van der Waals surface area (Å²) in [5, 5.41) is 3.92. The van der Waals surface area contributed by atoms with Gasteiger partial charge < -0.3 is 4.52 Å². The standard InChI is InChI=1S/C11H8ClNO2/c1-7-9(12)11(15-13-7)10(14)8-5-3-2-4-6-8/h2-6H,1H3. The van der Waals surface area contributed by atoms with Crippen LogP contribution >= 0.6 is 11.6 Å². The van der Waals surface area contributed by atoms with Crippen LogP contribution in [0.4, 0.5) is 0 Å². The molecule has 0 N–H and O–H groups in total. The van der Waals surface area contributed by atoms with Crippen molar-refractivity contribution in [1.29, 1.82) is 0 Å². The number of benzene rings is 1. The molecule has 4 heteroatoms. The number of nitrogens with zero attached hydrogens (tertiary/aromatic N) is 1. The molecule has 0 fully saturated rings. The van der Waals surface area contributed by atoms with Crippen molar-refractivity contribution in [3.63, 3.8) is 0 Å². The third-order valence-electron chi connectivity index (χ3n) is 2.03. The van der Waals surface area contributed by atoms with Gasteiger partial charge in [-0.1, -0.05) is 47.1 Å². The first-order valence-electron chi connectivity index (χ1n) is 4.41. The van der Waals surface area contributed by atoms with Gasteiger partial charge in [0.1, 0.15) is 5.02 Å². The summed E-state index contributed by atoms with van der Waals surface area (Å²) in [5.74, 6) is -0.151. The highest BCUT2D eigenvalue weighted by atomic mass is 35.5. The van der Waals surface area contributed by atoms with E-state index in [2.05, 4.69) is 5.16 Å². The molecule has 76 valence electrons. The number of carbonyl (C=O) groups excluding carboxylic acids is 1. The number of carbonyl (C=O) groups is 1. The molecule has 2 aromatic rings. The number of halogens is 1. The summed E-state index contributed by atoms with van der Waals surface area (Å²) in [4.78, 5) is 11.9. The van der Waals surface area contributed by atoms with Gasteiger partial charge >= 0.3 is 0 Å². The van der Waals surface area contributed by atoms with Gasteiger partial charge in [0.25, 0.3) is 0 Å². The quantitative estimate of drug-likeness (QED) is 0.733. The number of hydrogen-bond acceptors (Lipinski definition) is 3. The molecule has 0 aliphatic heterocycles. The van der Waals surface area contributed by atoms with Crippen LogP contribution in [0.25, 0.3) is 0 Å². The van der Waals surface area contributed by atoms with Gasteiger partial charge in [-0.3, -0.25) is 4.79 Å². The highest BCUT2D eigenvalue weighted by Gasteiger charge is 2.19. The van der Waals surface area contributed by atoms with E-state index in [1.807, 2.05) is 6.07 Å². The minimum atomic E-state index is -0.249.